The molecule has 0 spiro atoms. The van der Waals surface area contributed by atoms with E-state index in [4.69, 9.17) is 5.73 Å². The maximum absolute atomic E-state index is 6.01. The second kappa shape index (κ2) is 5.27. The summed E-state index contributed by atoms with van der Waals surface area (Å²) in [6, 6.07) is 2.59. The number of nitrogens with two attached hydrogens (primary N) is 1. The number of likely N-dealkylation sites (tertiary alicyclic amines) is 1. The molecule has 2 aromatic heterocycles. The van der Waals surface area contributed by atoms with E-state index in [1.54, 1.807) is 11.3 Å². The van der Waals surface area contributed by atoms with E-state index in [1.165, 1.54) is 0 Å². The largest absolute Gasteiger partial charge is 0.383 e. The lowest BCUT2D eigenvalue weighted by atomic mass is 10.1. The predicted molar refractivity (Wildman–Crippen MR) is 83.7 cm³/mol. The molecule has 0 aliphatic carbocycles. The van der Waals surface area contributed by atoms with E-state index in [0.29, 0.717) is 17.8 Å². The van der Waals surface area contributed by atoms with E-state index in [1.807, 2.05) is 11.4 Å². The molecule has 0 aromatic carbocycles. The third-order valence-electron chi connectivity index (χ3n) is 4.08. The number of likely N-dealkylation sites (N-methyl/N-ethyl adjacent to an activating group) is 1. The first-order chi connectivity index (χ1) is 9.54. The number of nitrogens with zero attached hydrogens (tertiary/aromatic N) is 4. The van der Waals surface area contributed by atoms with Gasteiger partial charge in [0.15, 0.2) is 0 Å². The van der Waals surface area contributed by atoms with E-state index in [0.717, 1.165) is 35.7 Å². The van der Waals surface area contributed by atoms with Gasteiger partial charge in [0, 0.05) is 19.1 Å². The summed E-state index contributed by atoms with van der Waals surface area (Å²) in [5, 5.41) is 2.99. The number of anilines is 1. The van der Waals surface area contributed by atoms with Crippen molar-refractivity contribution in [2.75, 3.05) is 32.9 Å². The first kappa shape index (κ1) is 13.7. The number of rotatable bonds is 3. The normalized spacial score (nSPS) is 24.0. The summed E-state index contributed by atoms with van der Waals surface area (Å²) in [6.45, 7) is 5.25. The van der Waals surface area contributed by atoms with E-state index >= 15 is 0 Å². The van der Waals surface area contributed by atoms with Crippen molar-refractivity contribution in [3.05, 3.63) is 17.3 Å². The summed E-state index contributed by atoms with van der Waals surface area (Å²) in [6.07, 6.45) is 0. The van der Waals surface area contributed by atoms with Gasteiger partial charge in [-0.3, -0.25) is 4.90 Å². The standard InChI is InChI=1S/C14H21N5S/c1-9-6-19(7-11(9)18(2)3)8-12-16-13(15)10-4-5-20-14(10)17-12/h4-5,9,11H,6-8H2,1-3H3,(H2,15,16,17). The summed E-state index contributed by atoms with van der Waals surface area (Å²) in [5.41, 5.74) is 6.01. The van der Waals surface area contributed by atoms with Crippen molar-refractivity contribution in [3.63, 3.8) is 0 Å². The van der Waals surface area contributed by atoms with Crippen LogP contribution in [0.1, 0.15) is 12.7 Å². The van der Waals surface area contributed by atoms with Crippen LogP contribution >= 0.6 is 11.3 Å². The number of nitrogen functional groups attached to an aromatic ring is 1. The maximum Gasteiger partial charge on any atom is 0.146 e. The molecule has 1 aliphatic rings. The highest BCUT2D eigenvalue weighted by atomic mass is 32.1. The molecule has 1 fully saturated rings. The van der Waals surface area contributed by atoms with Crippen LogP contribution in [0, 0.1) is 5.92 Å². The fourth-order valence-corrected chi connectivity index (χ4v) is 3.84. The van der Waals surface area contributed by atoms with Crippen LogP contribution in [0.25, 0.3) is 10.2 Å². The Bertz CT molecular complexity index is 609. The minimum Gasteiger partial charge on any atom is -0.383 e. The van der Waals surface area contributed by atoms with Crippen LogP contribution in [0.2, 0.25) is 0 Å². The molecule has 2 aromatic rings. The Kier molecular flexibility index (Phi) is 3.62. The van der Waals surface area contributed by atoms with E-state index in [2.05, 4.69) is 40.8 Å². The van der Waals surface area contributed by atoms with Crippen LogP contribution in [-0.2, 0) is 6.54 Å². The molecule has 2 atom stereocenters. The molecule has 2 N–H and O–H groups in total. The highest BCUT2D eigenvalue weighted by Crippen LogP contribution is 2.25. The van der Waals surface area contributed by atoms with Gasteiger partial charge in [-0.05, 0) is 31.5 Å². The first-order valence-electron chi connectivity index (χ1n) is 6.93. The average molecular weight is 291 g/mol. The van der Waals surface area contributed by atoms with Gasteiger partial charge in [-0.25, -0.2) is 9.97 Å². The molecule has 0 amide bonds. The second-order valence-corrected chi connectivity index (χ2v) is 6.76. The Hall–Kier alpha value is -1.24. The van der Waals surface area contributed by atoms with Crippen LogP contribution in [0.15, 0.2) is 11.4 Å². The maximum atomic E-state index is 6.01. The number of hydrogen-bond donors (Lipinski definition) is 1. The topological polar surface area (TPSA) is 58.3 Å². The molecular formula is C14H21N5S. The van der Waals surface area contributed by atoms with Crippen molar-refractivity contribution in [2.24, 2.45) is 5.92 Å². The lowest BCUT2D eigenvalue weighted by molar-refractivity contribution is 0.249. The number of hydrogen-bond acceptors (Lipinski definition) is 6. The average Bonchev–Trinajstić information content (AvgIpc) is 2.96. The Morgan fingerprint density at radius 2 is 2.20 bits per heavy atom. The fourth-order valence-electron chi connectivity index (χ4n) is 3.04. The minimum absolute atomic E-state index is 0.600. The number of fused-ring (bicyclic) bond motifs is 1. The van der Waals surface area contributed by atoms with Gasteiger partial charge in [0.2, 0.25) is 0 Å². The lowest BCUT2D eigenvalue weighted by Crippen LogP contribution is -2.34. The Labute approximate surface area is 123 Å². The van der Waals surface area contributed by atoms with E-state index in [-0.39, 0.29) is 0 Å². The first-order valence-corrected chi connectivity index (χ1v) is 7.81. The highest BCUT2D eigenvalue weighted by Gasteiger charge is 2.31. The smallest absolute Gasteiger partial charge is 0.146 e. The summed E-state index contributed by atoms with van der Waals surface area (Å²) >= 11 is 1.62. The van der Waals surface area contributed by atoms with Crippen molar-refractivity contribution in [1.82, 2.24) is 19.8 Å². The molecule has 6 heteroatoms. The van der Waals surface area contributed by atoms with Crippen molar-refractivity contribution in [3.8, 4) is 0 Å². The molecule has 0 bridgehead atoms. The summed E-state index contributed by atoms with van der Waals surface area (Å²) in [5.74, 6) is 2.11. The van der Waals surface area contributed by atoms with E-state index in [9.17, 15) is 0 Å². The molecule has 108 valence electrons. The van der Waals surface area contributed by atoms with Gasteiger partial charge < -0.3 is 10.6 Å². The second-order valence-electron chi connectivity index (χ2n) is 5.87. The van der Waals surface area contributed by atoms with Crippen LogP contribution in [-0.4, -0.2) is 53.0 Å². The van der Waals surface area contributed by atoms with Crippen LogP contribution in [0.4, 0.5) is 5.82 Å². The third-order valence-corrected chi connectivity index (χ3v) is 4.88. The molecule has 20 heavy (non-hydrogen) atoms. The van der Waals surface area contributed by atoms with Gasteiger partial charge in [-0.2, -0.15) is 0 Å². The quantitative estimate of drug-likeness (QED) is 0.932. The Balaban J connectivity index is 1.77. The lowest BCUT2D eigenvalue weighted by Gasteiger charge is -2.22. The molecule has 1 aliphatic heterocycles. The minimum atomic E-state index is 0.600. The summed E-state index contributed by atoms with van der Waals surface area (Å²) in [7, 11) is 4.30. The third kappa shape index (κ3) is 2.51. The molecule has 0 saturated carbocycles. The van der Waals surface area contributed by atoms with Crippen molar-refractivity contribution in [2.45, 2.75) is 19.5 Å². The van der Waals surface area contributed by atoms with Gasteiger partial charge in [0.25, 0.3) is 0 Å². The van der Waals surface area contributed by atoms with Gasteiger partial charge in [-0.15, -0.1) is 11.3 Å². The van der Waals surface area contributed by atoms with Crippen LogP contribution in [0.5, 0.6) is 0 Å². The predicted octanol–water partition coefficient (Wildman–Crippen LogP) is 1.66. The molecule has 1 saturated heterocycles. The summed E-state index contributed by atoms with van der Waals surface area (Å²) in [4.78, 5) is 14.8. The van der Waals surface area contributed by atoms with Crippen LogP contribution in [0.3, 0.4) is 0 Å². The van der Waals surface area contributed by atoms with Crippen molar-refractivity contribution in [1.29, 1.82) is 0 Å². The van der Waals surface area contributed by atoms with Gasteiger partial charge in [0.1, 0.15) is 16.5 Å². The highest BCUT2D eigenvalue weighted by molar-refractivity contribution is 7.16. The van der Waals surface area contributed by atoms with Crippen molar-refractivity contribution >= 4 is 27.4 Å². The number of aromatic nitrogens is 2. The Morgan fingerprint density at radius 1 is 1.40 bits per heavy atom. The zero-order valence-corrected chi connectivity index (χ0v) is 13.0. The fraction of sp³-hybridized carbons (Fsp3) is 0.571. The monoisotopic (exact) mass is 291 g/mol. The number of thiophene rings is 1. The van der Waals surface area contributed by atoms with Crippen LogP contribution < -0.4 is 5.73 Å². The molecule has 0 radical (unpaired) electrons. The zero-order chi connectivity index (χ0) is 14.3. The molecule has 3 rings (SSSR count). The SMILES string of the molecule is CC1CN(Cc2nc(N)c3ccsc3n2)CC1N(C)C. The van der Waals surface area contributed by atoms with Gasteiger partial charge in [0.05, 0.1) is 11.9 Å². The Morgan fingerprint density at radius 3 is 2.90 bits per heavy atom. The molecule has 5 nitrogen and oxygen atoms in total. The van der Waals surface area contributed by atoms with Crippen molar-refractivity contribution < 1.29 is 0 Å². The summed E-state index contributed by atoms with van der Waals surface area (Å²) < 4.78 is 0. The van der Waals surface area contributed by atoms with E-state index < -0.39 is 0 Å². The molecule has 2 unspecified atom stereocenters. The molecule has 3 heterocycles. The zero-order valence-electron chi connectivity index (χ0n) is 12.2. The van der Waals surface area contributed by atoms with Gasteiger partial charge >= 0.3 is 0 Å². The molecular weight excluding hydrogens is 270 g/mol. The van der Waals surface area contributed by atoms with Gasteiger partial charge in [-0.1, -0.05) is 6.92 Å².